The highest BCUT2D eigenvalue weighted by Gasteiger charge is 2.38. The van der Waals surface area contributed by atoms with Crippen LogP contribution in [0.25, 0.3) is 0 Å². The number of esters is 1. The first-order valence-corrected chi connectivity index (χ1v) is 5.75. The van der Waals surface area contributed by atoms with Crippen molar-refractivity contribution >= 4 is 17.6 Å². The molecule has 0 amide bonds. The minimum atomic E-state index is -4.75. The summed E-state index contributed by atoms with van der Waals surface area (Å²) in [4.78, 5) is 11.6. The number of carbonyl (C=O) groups is 1. The second-order valence-electron chi connectivity index (χ2n) is 3.52. The lowest BCUT2D eigenvalue weighted by Gasteiger charge is -2.16. The molecule has 0 spiro atoms. The van der Waals surface area contributed by atoms with E-state index < -0.39 is 29.2 Å². The first-order valence-electron chi connectivity index (χ1n) is 5.22. The molecule has 0 saturated heterocycles. The van der Waals surface area contributed by atoms with Crippen LogP contribution in [0.15, 0.2) is 12.1 Å². The maximum atomic E-state index is 13.0. The first-order chi connectivity index (χ1) is 8.85. The quantitative estimate of drug-likeness (QED) is 0.632. The van der Waals surface area contributed by atoms with Crippen molar-refractivity contribution in [3.63, 3.8) is 0 Å². The molecule has 0 aliphatic heterocycles. The molecule has 0 radical (unpaired) electrons. The normalized spacial score (nSPS) is 10.9. The zero-order valence-electron chi connectivity index (χ0n) is 9.84. The highest BCUT2D eigenvalue weighted by molar-refractivity contribution is 6.17. The first kappa shape index (κ1) is 15.3. The fraction of sp³-hybridized carbons (Fsp3) is 0.333. The largest absolute Gasteiger partial charge is 0.462 e. The van der Waals surface area contributed by atoms with Crippen LogP contribution in [0.5, 0.6) is 0 Å². The molecule has 1 aromatic rings. The highest BCUT2D eigenvalue weighted by atomic mass is 35.5. The Morgan fingerprint density at radius 1 is 1.47 bits per heavy atom. The molecule has 19 heavy (non-hydrogen) atoms. The van der Waals surface area contributed by atoms with Crippen LogP contribution in [0.3, 0.4) is 0 Å². The molecule has 0 aromatic heterocycles. The van der Waals surface area contributed by atoms with E-state index in [-0.39, 0.29) is 17.7 Å². The molecule has 0 aliphatic rings. The lowest BCUT2D eigenvalue weighted by Crippen LogP contribution is -2.18. The number of benzene rings is 1. The summed E-state index contributed by atoms with van der Waals surface area (Å²) in [6, 6.07) is 3.55. The third-order valence-corrected chi connectivity index (χ3v) is 2.56. The van der Waals surface area contributed by atoms with Gasteiger partial charge in [0.2, 0.25) is 0 Å². The third kappa shape index (κ3) is 3.38. The maximum Gasteiger partial charge on any atom is 0.417 e. The number of halogens is 4. The van der Waals surface area contributed by atoms with Crippen molar-refractivity contribution in [3.05, 3.63) is 34.4 Å². The van der Waals surface area contributed by atoms with E-state index in [2.05, 4.69) is 4.74 Å². The molecule has 3 nitrogen and oxygen atoms in total. The summed E-state index contributed by atoms with van der Waals surface area (Å²) in [5.41, 5.74) is -2.24. The lowest BCUT2D eigenvalue weighted by atomic mass is 9.98. The number of ether oxygens (including phenoxy) is 1. The van der Waals surface area contributed by atoms with E-state index in [1.165, 1.54) is 6.92 Å². The zero-order chi connectivity index (χ0) is 14.6. The van der Waals surface area contributed by atoms with Gasteiger partial charge in [0, 0.05) is 5.88 Å². The van der Waals surface area contributed by atoms with Gasteiger partial charge in [-0.1, -0.05) is 0 Å². The maximum absolute atomic E-state index is 13.0. The summed E-state index contributed by atoms with van der Waals surface area (Å²) in [5, 5.41) is 8.76. The fourth-order valence-electron chi connectivity index (χ4n) is 1.58. The van der Waals surface area contributed by atoms with Gasteiger partial charge in [0.25, 0.3) is 0 Å². The molecule has 0 atom stereocenters. The van der Waals surface area contributed by atoms with Crippen molar-refractivity contribution in [2.45, 2.75) is 19.0 Å². The van der Waals surface area contributed by atoms with Gasteiger partial charge in [-0.15, -0.1) is 11.6 Å². The van der Waals surface area contributed by atoms with Crippen LogP contribution in [0.1, 0.15) is 34.0 Å². The summed E-state index contributed by atoms with van der Waals surface area (Å²) in [7, 11) is 0. The minimum absolute atomic E-state index is 0.0663. The average molecular weight is 292 g/mol. The van der Waals surface area contributed by atoms with Crippen molar-refractivity contribution in [2.24, 2.45) is 0 Å². The topological polar surface area (TPSA) is 50.1 Å². The van der Waals surface area contributed by atoms with Crippen LogP contribution < -0.4 is 0 Å². The number of carbonyl (C=O) groups excluding carboxylic acids is 1. The van der Waals surface area contributed by atoms with Gasteiger partial charge in [-0.2, -0.15) is 18.4 Å². The Balaban J connectivity index is 3.57. The van der Waals surface area contributed by atoms with Gasteiger partial charge in [-0.3, -0.25) is 0 Å². The van der Waals surface area contributed by atoms with Gasteiger partial charge >= 0.3 is 12.1 Å². The Hall–Kier alpha value is -1.74. The summed E-state index contributed by atoms with van der Waals surface area (Å²) < 4.78 is 43.5. The molecule has 102 valence electrons. The molecule has 0 aliphatic carbocycles. The molecule has 0 unspecified atom stereocenters. The standard InChI is InChI=1S/C12H9ClF3NO2/c1-2-19-11(18)9-4-7(6-17)3-8(5-13)10(9)12(14,15)16/h3-4H,2,5H2,1H3. The smallest absolute Gasteiger partial charge is 0.417 e. The highest BCUT2D eigenvalue weighted by Crippen LogP contribution is 2.36. The number of hydrogen-bond acceptors (Lipinski definition) is 3. The van der Waals surface area contributed by atoms with Crippen LogP contribution in [-0.4, -0.2) is 12.6 Å². The Bertz CT molecular complexity index is 535. The number of hydrogen-bond donors (Lipinski definition) is 0. The molecule has 0 saturated carbocycles. The van der Waals surface area contributed by atoms with Crippen LogP contribution in [0, 0.1) is 11.3 Å². The number of nitriles is 1. The summed E-state index contributed by atoms with van der Waals surface area (Å²) in [6.07, 6.45) is -4.75. The monoisotopic (exact) mass is 291 g/mol. The molecular formula is C12H9ClF3NO2. The Morgan fingerprint density at radius 3 is 2.53 bits per heavy atom. The SMILES string of the molecule is CCOC(=O)c1cc(C#N)cc(CCl)c1C(F)(F)F. The van der Waals surface area contributed by atoms with Crippen molar-refractivity contribution < 1.29 is 22.7 Å². The fourth-order valence-corrected chi connectivity index (χ4v) is 1.79. The second-order valence-corrected chi connectivity index (χ2v) is 3.79. The van der Waals surface area contributed by atoms with Crippen molar-refractivity contribution in [1.82, 2.24) is 0 Å². The Labute approximate surface area is 112 Å². The van der Waals surface area contributed by atoms with Gasteiger partial charge in [0.05, 0.1) is 29.4 Å². The molecule has 0 fully saturated rings. The van der Waals surface area contributed by atoms with E-state index in [1.807, 2.05) is 0 Å². The molecule has 1 rings (SSSR count). The molecule has 0 heterocycles. The van der Waals surface area contributed by atoms with Crippen LogP contribution in [0.4, 0.5) is 13.2 Å². The van der Waals surface area contributed by atoms with Crippen LogP contribution in [0.2, 0.25) is 0 Å². The Morgan fingerprint density at radius 2 is 2.11 bits per heavy atom. The predicted octanol–water partition coefficient (Wildman–Crippen LogP) is 3.49. The lowest BCUT2D eigenvalue weighted by molar-refractivity contribution is -0.138. The van der Waals surface area contributed by atoms with E-state index in [9.17, 15) is 18.0 Å². The zero-order valence-corrected chi connectivity index (χ0v) is 10.6. The van der Waals surface area contributed by atoms with E-state index in [0.29, 0.717) is 0 Å². The van der Waals surface area contributed by atoms with E-state index >= 15 is 0 Å². The number of alkyl halides is 4. The summed E-state index contributed by atoms with van der Waals surface area (Å²) in [5.74, 6) is -1.59. The second kappa shape index (κ2) is 5.93. The predicted molar refractivity (Wildman–Crippen MR) is 61.7 cm³/mol. The van der Waals surface area contributed by atoms with Gasteiger partial charge in [-0.05, 0) is 24.6 Å². The molecule has 0 N–H and O–H groups in total. The van der Waals surface area contributed by atoms with Crippen molar-refractivity contribution in [2.75, 3.05) is 6.61 Å². The van der Waals surface area contributed by atoms with Crippen molar-refractivity contribution in [3.8, 4) is 6.07 Å². The van der Waals surface area contributed by atoms with E-state index in [4.69, 9.17) is 16.9 Å². The summed E-state index contributed by atoms with van der Waals surface area (Å²) >= 11 is 5.46. The van der Waals surface area contributed by atoms with Gasteiger partial charge in [0.15, 0.2) is 0 Å². The minimum Gasteiger partial charge on any atom is -0.462 e. The number of nitrogens with zero attached hydrogens (tertiary/aromatic N) is 1. The van der Waals surface area contributed by atoms with E-state index in [0.717, 1.165) is 12.1 Å². The molecule has 1 aromatic carbocycles. The summed E-state index contributed by atoms with van der Waals surface area (Å²) in [6.45, 7) is 1.41. The van der Waals surface area contributed by atoms with Gasteiger partial charge in [-0.25, -0.2) is 4.79 Å². The molecule has 7 heteroatoms. The molecular weight excluding hydrogens is 283 g/mol. The van der Waals surface area contributed by atoms with Crippen molar-refractivity contribution in [1.29, 1.82) is 5.26 Å². The molecule has 0 bridgehead atoms. The Kier molecular flexibility index (Phi) is 4.78. The third-order valence-electron chi connectivity index (χ3n) is 2.27. The van der Waals surface area contributed by atoms with Gasteiger partial charge < -0.3 is 4.74 Å². The van der Waals surface area contributed by atoms with Gasteiger partial charge in [0.1, 0.15) is 0 Å². The average Bonchev–Trinajstić information content (AvgIpc) is 2.36. The van der Waals surface area contributed by atoms with Crippen LogP contribution >= 0.6 is 11.6 Å². The number of rotatable bonds is 3. The van der Waals surface area contributed by atoms with E-state index in [1.54, 1.807) is 6.07 Å². The van der Waals surface area contributed by atoms with Crippen LogP contribution in [-0.2, 0) is 16.8 Å².